The average molecular weight is 280 g/mol. The van der Waals surface area contributed by atoms with E-state index in [1.807, 2.05) is 36.7 Å². The fourth-order valence-corrected chi connectivity index (χ4v) is 3.04. The highest BCUT2D eigenvalue weighted by atomic mass is 32.1. The number of nitrogens with one attached hydrogen (secondary N) is 1. The molecule has 0 fully saturated rings. The van der Waals surface area contributed by atoms with Gasteiger partial charge < -0.3 is 5.32 Å². The number of hydrogen-bond acceptors (Lipinski definition) is 3. The Labute approximate surface area is 122 Å². The van der Waals surface area contributed by atoms with Crippen molar-refractivity contribution in [3.8, 4) is 0 Å². The zero-order valence-corrected chi connectivity index (χ0v) is 12.2. The number of pyridine rings is 1. The fraction of sp³-hybridized carbons (Fsp3) is 0.118. The van der Waals surface area contributed by atoms with Crippen molar-refractivity contribution in [2.75, 3.05) is 5.32 Å². The van der Waals surface area contributed by atoms with E-state index in [4.69, 9.17) is 0 Å². The summed E-state index contributed by atoms with van der Waals surface area (Å²) < 4.78 is 0. The second-order valence-electron chi connectivity index (χ2n) is 4.53. The van der Waals surface area contributed by atoms with E-state index >= 15 is 0 Å². The van der Waals surface area contributed by atoms with Crippen LogP contribution in [0.5, 0.6) is 0 Å². The van der Waals surface area contributed by atoms with Crippen LogP contribution in [0.2, 0.25) is 0 Å². The normalized spacial score (nSPS) is 11.2. The molecular formula is C17H16N2S. The number of hydrogen-bond donors (Lipinski definition) is 1. The van der Waals surface area contributed by atoms with Crippen molar-refractivity contribution in [2.24, 2.45) is 0 Å². The Morgan fingerprint density at radius 3 is 2.85 bits per heavy atom. The Kier molecular flexibility index (Phi) is 3.79. The van der Waals surface area contributed by atoms with Gasteiger partial charge in [0.2, 0.25) is 0 Å². The maximum atomic E-state index is 4.43. The minimum Gasteiger partial charge on any atom is -0.361 e. The summed E-state index contributed by atoms with van der Waals surface area (Å²) in [4.78, 5) is 6.90. The maximum Gasteiger partial charge on any atom is 0.125 e. The molecule has 0 unspecified atom stereocenters. The molecule has 2 nitrogen and oxygen atoms in total. The van der Waals surface area contributed by atoms with Crippen molar-refractivity contribution in [1.29, 1.82) is 0 Å². The molecule has 0 saturated heterocycles. The molecule has 0 bridgehead atoms. The predicted molar refractivity (Wildman–Crippen MR) is 88.1 cm³/mol. The summed E-state index contributed by atoms with van der Waals surface area (Å²) in [6.45, 7) is 2.17. The third kappa shape index (κ3) is 2.73. The zero-order chi connectivity index (χ0) is 13.8. The summed E-state index contributed by atoms with van der Waals surface area (Å²) >= 11 is 1.77. The summed E-state index contributed by atoms with van der Waals surface area (Å²) in [7, 11) is 0. The molecule has 3 rings (SSSR count). The van der Waals surface area contributed by atoms with Crippen molar-refractivity contribution in [2.45, 2.75) is 13.3 Å². The third-order valence-electron chi connectivity index (χ3n) is 3.15. The molecule has 1 aromatic carbocycles. The summed E-state index contributed by atoms with van der Waals surface area (Å²) in [5.74, 6) is 0. The smallest absolute Gasteiger partial charge is 0.125 e. The first-order chi connectivity index (χ1) is 9.86. The Bertz CT molecular complexity index is 729. The quantitative estimate of drug-likeness (QED) is 0.732. The van der Waals surface area contributed by atoms with Crippen LogP contribution in [0.4, 0.5) is 5.69 Å². The lowest BCUT2D eigenvalue weighted by atomic mass is 10.2. The Balaban J connectivity index is 1.84. The Hall–Kier alpha value is -2.13. The standard InChI is InChI=1S/C17H16N2S/c1-2-14-12-15-16(9-11-19-17(15)20-14)18-10-8-13-6-4-3-5-7-13/h3-12H,2H2,1H3,(H,18,19). The number of thiophene rings is 1. The number of aromatic nitrogens is 1. The molecule has 100 valence electrons. The van der Waals surface area contributed by atoms with Gasteiger partial charge in [0.1, 0.15) is 4.83 Å². The largest absolute Gasteiger partial charge is 0.361 e. The van der Waals surface area contributed by atoms with Gasteiger partial charge in [-0.1, -0.05) is 37.3 Å². The van der Waals surface area contributed by atoms with Gasteiger partial charge in [0.05, 0.1) is 0 Å². The summed E-state index contributed by atoms with van der Waals surface area (Å²) in [6.07, 6.45) is 6.96. The molecule has 0 atom stereocenters. The lowest BCUT2D eigenvalue weighted by molar-refractivity contribution is 1.19. The van der Waals surface area contributed by atoms with E-state index < -0.39 is 0 Å². The van der Waals surface area contributed by atoms with Crippen LogP contribution in [0.1, 0.15) is 17.4 Å². The SMILES string of the molecule is CCc1cc2c(NC=Cc3ccccc3)ccnc2s1. The van der Waals surface area contributed by atoms with E-state index in [-0.39, 0.29) is 0 Å². The molecule has 0 aliphatic heterocycles. The fourth-order valence-electron chi connectivity index (χ4n) is 2.08. The minimum atomic E-state index is 1.06. The van der Waals surface area contributed by atoms with Crippen molar-refractivity contribution < 1.29 is 0 Å². The van der Waals surface area contributed by atoms with Crippen LogP contribution in [-0.2, 0) is 6.42 Å². The number of nitrogens with zero attached hydrogens (tertiary/aromatic N) is 1. The second kappa shape index (κ2) is 5.88. The molecule has 0 amide bonds. The highest BCUT2D eigenvalue weighted by Gasteiger charge is 2.05. The van der Waals surface area contributed by atoms with Crippen LogP contribution in [0.3, 0.4) is 0 Å². The lowest BCUT2D eigenvalue weighted by Crippen LogP contribution is -1.88. The topological polar surface area (TPSA) is 24.9 Å². The number of benzene rings is 1. The molecule has 0 radical (unpaired) electrons. The molecule has 3 aromatic rings. The van der Waals surface area contributed by atoms with Gasteiger partial charge in [-0.25, -0.2) is 4.98 Å². The second-order valence-corrected chi connectivity index (χ2v) is 5.65. The van der Waals surface area contributed by atoms with Crippen molar-refractivity contribution in [3.05, 3.63) is 65.3 Å². The Morgan fingerprint density at radius 1 is 1.20 bits per heavy atom. The number of rotatable bonds is 4. The first-order valence-electron chi connectivity index (χ1n) is 6.72. The van der Waals surface area contributed by atoms with E-state index in [0.29, 0.717) is 0 Å². The highest BCUT2D eigenvalue weighted by Crippen LogP contribution is 2.29. The highest BCUT2D eigenvalue weighted by molar-refractivity contribution is 7.18. The molecule has 2 aromatic heterocycles. The molecular weight excluding hydrogens is 264 g/mol. The average Bonchev–Trinajstić information content (AvgIpc) is 2.92. The molecule has 0 aliphatic rings. The van der Waals surface area contributed by atoms with Gasteiger partial charge in [0, 0.05) is 28.3 Å². The first kappa shape index (κ1) is 12.9. The monoisotopic (exact) mass is 280 g/mol. The summed E-state index contributed by atoms with van der Waals surface area (Å²) in [5, 5.41) is 4.56. The number of aryl methyl sites for hydroxylation is 1. The van der Waals surface area contributed by atoms with Crippen LogP contribution in [0, 0.1) is 0 Å². The molecule has 2 heterocycles. The molecule has 0 spiro atoms. The van der Waals surface area contributed by atoms with E-state index in [1.54, 1.807) is 11.3 Å². The van der Waals surface area contributed by atoms with Gasteiger partial charge in [0.25, 0.3) is 0 Å². The van der Waals surface area contributed by atoms with Crippen LogP contribution in [-0.4, -0.2) is 4.98 Å². The van der Waals surface area contributed by atoms with E-state index in [2.05, 4.69) is 41.5 Å². The van der Waals surface area contributed by atoms with Crippen molar-refractivity contribution in [3.63, 3.8) is 0 Å². The number of fused-ring (bicyclic) bond motifs is 1. The van der Waals surface area contributed by atoms with E-state index in [1.165, 1.54) is 15.8 Å². The zero-order valence-electron chi connectivity index (χ0n) is 11.3. The van der Waals surface area contributed by atoms with Gasteiger partial charge in [-0.3, -0.25) is 0 Å². The summed E-state index contributed by atoms with van der Waals surface area (Å²) in [5.41, 5.74) is 2.29. The molecule has 20 heavy (non-hydrogen) atoms. The van der Waals surface area contributed by atoms with Crippen LogP contribution in [0.15, 0.2) is 54.9 Å². The van der Waals surface area contributed by atoms with Gasteiger partial charge in [-0.05, 0) is 30.2 Å². The van der Waals surface area contributed by atoms with Gasteiger partial charge in [-0.2, -0.15) is 0 Å². The number of anilines is 1. The predicted octanol–water partition coefficient (Wildman–Crippen LogP) is 4.94. The molecule has 1 N–H and O–H groups in total. The van der Waals surface area contributed by atoms with Crippen molar-refractivity contribution in [1.82, 2.24) is 4.98 Å². The minimum absolute atomic E-state index is 1.06. The Morgan fingerprint density at radius 2 is 2.05 bits per heavy atom. The molecule has 3 heteroatoms. The van der Waals surface area contributed by atoms with E-state index in [9.17, 15) is 0 Å². The van der Waals surface area contributed by atoms with E-state index in [0.717, 1.165) is 16.9 Å². The van der Waals surface area contributed by atoms with Gasteiger partial charge in [-0.15, -0.1) is 11.3 Å². The van der Waals surface area contributed by atoms with Crippen molar-refractivity contribution >= 4 is 33.3 Å². The van der Waals surface area contributed by atoms with Crippen LogP contribution < -0.4 is 5.32 Å². The lowest BCUT2D eigenvalue weighted by Gasteiger charge is -2.01. The summed E-state index contributed by atoms with van der Waals surface area (Å²) in [6, 6.07) is 14.5. The van der Waals surface area contributed by atoms with Gasteiger partial charge in [0.15, 0.2) is 0 Å². The molecule has 0 saturated carbocycles. The molecule has 0 aliphatic carbocycles. The maximum absolute atomic E-state index is 4.43. The van der Waals surface area contributed by atoms with Gasteiger partial charge >= 0.3 is 0 Å². The van der Waals surface area contributed by atoms with Crippen LogP contribution in [0.25, 0.3) is 16.3 Å². The first-order valence-corrected chi connectivity index (χ1v) is 7.54. The third-order valence-corrected chi connectivity index (χ3v) is 4.34. The van der Waals surface area contributed by atoms with Crippen LogP contribution >= 0.6 is 11.3 Å².